The van der Waals surface area contributed by atoms with Gasteiger partial charge in [-0.3, -0.25) is 0 Å². The van der Waals surface area contributed by atoms with Crippen LogP contribution in [0.1, 0.15) is 13.3 Å². The van der Waals surface area contributed by atoms with Gasteiger partial charge in [-0.15, -0.1) is 0 Å². The van der Waals surface area contributed by atoms with E-state index < -0.39 is 10.0 Å². The fourth-order valence-electron chi connectivity index (χ4n) is 1.15. The van der Waals surface area contributed by atoms with Crippen molar-refractivity contribution in [1.29, 1.82) is 0 Å². The number of sulfonamides is 1. The van der Waals surface area contributed by atoms with E-state index in [2.05, 4.69) is 9.71 Å². The first-order valence-electron chi connectivity index (χ1n) is 5.20. The molecule has 0 spiro atoms. The van der Waals surface area contributed by atoms with Crippen LogP contribution in [0.15, 0.2) is 17.2 Å². The SMILES string of the molecule is CSC(C)CCNS(=O)(=O)c1cnc(Cl)c(Cl)c1. The molecule has 1 unspecified atom stereocenters. The van der Waals surface area contributed by atoms with Crippen LogP contribution in [0.4, 0.5) is 0 Å². The number of thioether (sulfide) groups is 1. The molecule has 4 nitrogen and oxygen atoms in total. The molecule has 0 radical (unpaired) electrons. The van der Waals surface area contributed by atoms with Crippen LogP contribution < -0.4 is 4.72 Å². The highest BCUT2D eigenvalue weighted by Crippen LogP contribution is 2.22. The second kappa shape index (κ2) is 6.96. The van der Waals surface area contributed by atoms with E-state index in [9.17, 15) is 8.42 Å². The number of aromatic nitrogens is 1. The summed E-state index contributed by atoms with van der Waals surface area (Å²) in [6.45, 7) is 2.42. The third-order valence-corrected chi connectivity index (χ3v) is 5.48. The average molecular weight is 329 g/mol. The van der Waals surface area contributed by atoms with Crippen molar-refractivity contribution in [3.05, 3.63) is 22.4 Å². The number of hydrogen-bond acceptors (Lipinski definition) is 4. The lowest BCUT2D eigenvalue weighted by Crippen LogP contribution is -2.26. The summed E-state index contributed by atoms with van der Waals surface area (Å²) in [7, 11) is -3.57. The molecule has 1 N–H and O–H groups in total. The lowest BCUT2D eigenvalue weighted by Gasteiger charge is -2.10. The maximum absolute atomic E-state index is 11.9. The summed E-state index contributed by atoms with van der Waals surface area (Å²) in [4.78, 5) is 3.74. The number of nitrogens with zero attached hydrogens (tertiary/aromatic N) is 1. The average Bonchev–Trinajstić information content (AvgIpc) is 2.32. The Kier molecular flexibility index (Phi) is 6.20. The van der Waals surface area contributed by atoms with Gasteiger partial charge in [-0.1, -0.05) is 30.1 Å². The van der Waals surface area contributed by atoms with Crippen LogP contribution >= 0.6 is 35.0 Å². The topological polar surface area (TPSA) is 59.1 Å². The van der Waals surface area contributed by atoms with E-state index in [1.165, 1.54) is 12.3 Å². The Balaban J connectivity index is 2.71. The van der Waals surface area contributed by atoms with E-state index in [0.29, 0.717) is 11.8 Å². The quantitative estimate of drug-likeness (QED) is 0.816. The van der Waals surface area contributed by atoms with E-state index in [1.54, 1.807) is 11.8 Å². The largest absolute Gasteiger partial charge is 0.242 e. The number of pyridine rings is 1. The van der Waals surface area contributed by atoms with Crippen molar-refractivity contribution in [1.82, 2.24) is 9.71 Å². The molecule has 18 heavy (non-hydrogen) atoms. The molecule has 0 fully saturated rings. The molecule has 8 heteroatoms. The normalized spacial score (nSPS) is 13.6. The van der Waals surface area contributed by atoms with Crippen molar-refractivity contribution in [2.45, 2.75) is 23.5 Å². The highest BCUT2D eigenvalue weighted by Gasteiger charge is 2.16. The van der Waals surface area contributed by atoms with Gasteiger partial charge in [0.2, 0.25) is 10.0 Å². The zero-order valence-corrected chi connectivity index (χ0v) is 13.1. The summed E-state index contributed by atoms with van der Waals surface area (Å²) in [5, 5.41) is 0.614. The predicted molar refractivity (Wildman–Crippen MR) is 77.0 cm³/mol. The lowest BCUT2D eigenvalue weighted by atomic mass is 10.3. The Morgan fingerprint density at radius 3 is 2.72 bits per heavy atom. The minimum atomic E-state index is -3.57. The Labute approximate surface area is 122 Å². The molecule has 1 aromatic heterocycles. The second-order valence-corrected chi connectivity index (χ2v) is 7.48. The highest BCUT2D eigenvalue weighted by molar-refractivity contribution is 7.99. The molecule has 1 rings (SSSR count). The summed E-state index contributed by atoms with van der Waals surface area (Å²) in [5.41, 5.74) is 0. The van der Waals surface area contributed by atoms with Crippen molar-refractivity contribution in [3.8, 4) is 0 Å². The van der Waals surface area contributed by atoms with Gasteiger partial charge in [-0.2, -0.15) is 11.8 Å². The summed E-state index contributed by atoms with van der Waals surface area (Å²) >= 11 is 13.1. The zero-order chi connectivity index (χ0) is 13.8. The Hall–Kier alpha value is -0.0100. The van der Waals surface area contributed by atoms with Gasteiger partial charge in [0, 0.05) is 18.0 Å². The van der Waals surface area contributed by atoms with Crippen LogP contribution in [0, 0.1) is 0 Å². The standard InChI is InChI=1S/C10H14Cl2N2O2S2/c1-7(17-2)3-4-14-18(15,16)8-5-9(11)10(12)13-6-8/h5-7,14H,3-4H2,1-2H3. The maximum Gasteiger partial charge on any atom is 0.242 e. The third-order valence-electron chi connectivity index (χ3n) is 2.33. The second-order valence-electron chi connectivity index (χ2n) is 3.68. The predicted octanol–water partition coefficient (Wildman–Crippen LogP) is 2.81. The van der Waals surface area contributed by atoms with Gasteiger partial charge in [-0.05, 0) is 18.7 Å². The van der Waals surface area contributed by atoms with Crippen molar-refractivity contribution < 1.29 is 8.42 Å². The van der Waals surface area contributed by atoms with Gasteiger partial charge in [-0.25, -0.2) is 18.1 Å². The smallest absolute Gasteiger partial charge is 0.242 e. The van der Waals surface area contributed by atoms with E-state index >= 15 is 0 Å². The summed E-state index contributed by atoms with van der Waals surface area (Å²) in [6.07, 6.45) is 3.94. The Morgan fingerprint density at radius 2 is 2.17 bits per heavy atom. The van der Waals surface area contributed by atoms with Crippen molar-refractivity contribution in [3.63, 3.8) is 0 Å². The number of rotatable bonds is 6. The molecule has 1 heterocycles. The number of nitrogens with one attached hydrogen (secondary N) is 1. The molecule has 0 aliphatic heterocycles. The molecule has 1 atom stereocenters. The van der Waals surface area contributed by atoms with Crippen molar-refractivity contribution >= 4 is 45.0 Å². The molecule has 0 aliphatic carbocycles. The van der Waals surface area contributed by atoms with E-state index in [0.717, 1.165) is 6.42 Å². The Bertz CT molecular complexity index is 509. The van der Waals surface area contributed by atoms with Crippen LogP contribution in [0.2, 0.25) is 10.2 Å². The zero-order valence-electron chi connectivity index (χ0n) is 9.98. The van der Waals surface area contributed by atoms with Crippen LogP contribution in [-0.4, -0.2) is 31.5 Å². The molecule has 0 bridgehead atoms. The van der Waals surface area contributed by atoms with E-state index in [-0.39, 0.29) is 15.1 Å². The first kappa shape index (κ1) is 16.0. The maximum atomic E-state index is 11.9. The molecular weight excluding hydrogens is 315 g/mol. The van der Waals surface area contributed by atoms with Gasteiger partial charge >= 0.3 is 0 Å². The molecule has 1 aromatic rings. The summed E-state index contributed by atoms with van der Waals surface area (Å²) in [6, 6.07) is 1.29. The van der Waals surface area contributed by atoms with Crippen molar-refractivity contribution in [2.24, 2.45) is 0 Å². The number of halogens is 2. The number of hydrogen-bond donors (Lipinski definition) is 1. The summed E-state index contributed by atoms with van der Waals surface area (Å²) in [5.74, 6) is 0. The minimum absolute atomic E-state index is 0.0219. The van der Waals surface area contributed by atoms with Crippen LogP contribution in [-0.2, 0) is 10.0 Å². The fraction of sp³-hybridized carbons (Fsp3) is 0.500. The molecule has 0 aromatic carbocycles. The van der Waals surface area contributed by atoms with Gasteiger partial charge in [0.05, 0.1) is 5.02 Å². The molecule has 0 saturated heterocycles. The molecule has 102 valence electrons. The molecule has 0 saturated carbocycles. The first-order valence-corrected chi connectivity index (χ1v) is 8.73. The van der Waals surface area contributed by atoms with Crippen molar-refractivity contribution in [2.75, 3.05) is 12.8 Å². The van der Waals surface area contributed by atoms with Gasteiger partial charge in [0.15, 0.2) is 0 Å². The highest BCUT2D eigenvalue weighted by atomic mass is 35.5. The molecule has 0 amide bonds. The van der Waals surface area contributed by atoms with E-state index in [4.69, 9.17) is 23.2 Å². The first-order chi connectivity index (χ1) is 8.36. The van der Waals surface area contributed by atoms with Crippen LogP contribution in [0.3, 0.4) is 0 Å². The van der Waals surface area contributed by atoms with Gasteiger partial charge in [0.1, 0.15) is 10.0 Å². The third kappa shape index (κ3) is 4.59. The van der Waals surface area contributed by atoms with Gasteiger partial charge in [0.25, 0.3) is 0 Å². The minimum Gasteiger partial charge on any atom is -0.242 e. The molecule has 0 aliphatic rings. The van der Waals surface area contributed by atoms with E-state index in [1.807, 2.05) is 13.2 Å². The van der Waals surface area contributed by atoms with Crippen LogP contribution in [0.5, 0.6) is 0 Å². The monoisotopic (exact) mass is 328 g/mol. The molecular formula is C10H14Cl2N2O2S2. The van der Waals surface area contributed by atoms with Gasteiger partial charge < -0.3 is 0 Å². The fourth-order valence-corrected chi connectivity index (χ4v) is 2.85. The Morgan fingerprint density at radius 1 is 1.50 bits per heavy atom. The van der Waals surface area contributed by atoms with Crippen LogP contribution in [0.25, 0.3) is 0 Å². The lowest BCUT2D eigenvalue weighted by molar-refractivity contribution is 0.578. The summed E-state index contributed by atoms with van der Waals surface area (Å²) < 4.78 is 26.3.